The first-order valence-electron chi connectivity index (χ1n) is 10.2. The van der Waals surface area contributed by atoms with Gasteiger partial charge in [0, 0.05) is 6.54 Å². The van der Waals surface area contributed by atoms with E-state index in [1.807, 2.05) is 49.6 Å². The van der Waals surface area contributed by atoms with E-state index in [0.29, 0.717) is 12.4 Å². The van der Waals surface area contributed by atoms with Crippen LogP contribution < -0.4 is 10.1 Å². The zero-order valence-electron chi connectivity index (χ0n) is 18.2. The standard InChI is InChI=1S/C23H21N5O3S2/c1-14-4-9-18(12-15(14)2)33(29,30)23-22-25-21(20-19(10-11-32-20)28(22)27-26-23)24-13-16-5-7-17(31-3)8-6-16/h4-12H,13H2,1-3H3,(H,24,25). The van der Waals surface area contributed by atoms with Crippen molar-refractivity contribution in [2.45, 2.75) is 30.3 Å². The van der Waals surface area contributed by atoms with Gasteiger partial charge < -0.3 is 10.1 Å². The molecule has 8 nitrogen and oxygen atoms in total. The number of hydrogen-bond acceptors (Lipinski definition) is 8. The van der Waals surface area contributed by atoms with Crippen molar-refractivity contribution >= 4 is 42.9 Å². The Bertz CT molecular complexity index is 1590. The highest BCUT2D eigenvalue weighted by atomic mass is 32.2. The first kappa shape index (κ1) is 21.4. The smallest absolute Gasteiger partial charge is 0.229 e. The van der Waals surface area contributed by atoms with Crippen molar-refractivity contribution in [3.63, 3.8) is 0 Å². The van der Waals surface area contributed by atoms with Crippen LogP contribution in [0.2, 0.25) is 0 Å². The van der Waals surface area contributed by atoms with E-state index < -0.39 is 9.84 Å². The summed E-state index contributed by atoms with van der Waals surface area (Å²) < 4.78 is 34.4. The predicted molar refractivity (Wildman–Crippen MR) is 128 cm³/mol. The summed E-state index contributed by atoms with van der Waals surface area (Å²) in [6.45, 7) is 4.34. The summed E-state index contributed by atoms with van der Waals surface area (Å²) in [4.78, 5) is 4.82. The number of ether oxygens (including phenoxy) is 1. The second kappa shape index (κ2) is 8.13. The molecule has 0 radical (unpaired) electrons. The number of thiophene rings is 1. The van der Waals surface area contributed by atoms with Crippen LogP contribution in [0.5, 0.6) is 5.75 Å². The van der Waals surface area contributed by atoms with E-state index in [0.717, 1.165) is 32.7 Å². The van der Waals surface area contributed by atoms with Gasteiger partial charge in [-0.3, -0.25) is 0 Å². The van der Waals surface area contributed by atoms with Crippen LogP contribution in [0.4, 0.5) is 5.82 Å². The highest BCUT2D eigenvalue weighted by Crippen LogP contribution is 2.31. The maximum atomic E-state index is 13.4. The number of anilines is 1. The topological polar surface area (TPSA) is 98.5 Å². The number of nitrogens with zero attached hydrogens (tertiary/aromatic N) is 4. The monoisotopic (exact) mass is 479 g/mol. The van der Waals surface area contributed by atoms with Crippen LogP contribution >= 0.6 is 11.3 Å². The summed E-state index contributed by atoms with van der Waals surface area (Å²) in [5, 5.41) is 13.2. The Morgan fingerprint density at radius 1 is 1.06 bits per heavy atom. The lowest BCUT2D eigenvalue weighted by Crippen LogP contribution is -2.07. The van der Waals surface area contributed by atoms with Crippen molar-refractivity contribution in [1.82, 2.24) is 19.8 Å². The second-order valence-corrected chi connectivity index (χ2v) is 10.5. The van der Waals surface area contributed by atoms with Crippen LogP contribution in [0, 0.1) is 13.8 Å². The zero-order valence-corrected chi connectivity index (χ0v) is 19.9. The summed E-state index contributed by atoms with van der Waals surface area (Å²) in [5.41, 5.74) is 3.89. The highest BCUT2D eigenvalue weighted by molar-refractivity contribution is 7.91. The summed E-state index contributed by atoms with van der Waals surface area (Å²) in [7, 11) is -2.27. The maximum absolute atomic E-state index is 13.4. The average molecular weight is 480 g/mol. The number of hydrogen-bond donors (Lipinski definition) is 1. The van der Waals surface area contributed by atoms with E-state index >= 15 is 0 Å². The van der Waals surface area contributed by atoms with E-state index in [4.69, 9.17) is 4.74 Å². The summed E-state index contributed by atoms with van der Waals surface area (Å²) in [6.07, 6.45) is 0. The molecular weight excluding hydrogens is 458 g/mol. The van der Waals surface area contributed by atoms with Crippen LogP contribution in [0.25, 0.3) is 15.9 Å². The van der Waals surface area contributed by atoms with Gasteiger partial charge in [-0.2, -0.15) is 4.52 Å². The van der Waals surface area contributed by atoms with Gasteiger partial charge in [0.2, 0.25) is 14.9 Å². The van der Waals surface area contributed by atoms with E-state index in [1.165, 1.54) is 15.9 Å². The molecule has 0 bridgehead atoms. The number of methoxy groups -OCH3 is 1. The Morgan fingerprint density at radius 2 is 1.85 bits per heavy atom. The fraction of sp³-hybridized carbons (Fsp3) is 0.174. The number of benzene rings is 2. The Labute approximate surface area is 194 Å². The molecule has 0 atom stereocenters. The molecule has 0 saturated carbocycles. The molecule has 3 heterocycles. The molecule has 0 saturated heterocycles. The number of aryl methyl sites for hydroxylation is 2. The molecule has 2 aromatic carbocycles. The molecule has 0 aliphatic heterocycles. The van der Waals surface area contributed by atoms with E-state index in [2.05, 4.69) is 20.6 Å². The van der Waals surface area contributed by atoms with Crippen molar-refractivity contribution in [2.75, 3.05) is 12.4 Å². The molecule has 5 rings (SSSR count). The van der Waals surface area contributed by atoms with Gasteiger partial charge in [0.1, 0.15) is 11.6 Å². The van der Waals surface area contributed by atoms with E-state index in [9.17, 15) is 8.42 Å². The predicted octanol–water partition coefficient (Wildman–Crippen LogP) is 4.41. The largest absolute Gasteiger partial charge is 0.497 e. The Hall–Kier alpha value is -3.50. The molecule has 0 unspecified atom stereocenters. The van der Waals surface area contributed by atoms with Gasteiger partial charge in [-0.25, -0.2) is 13.4 Å². The molecule has 5 aromatic rings. The van der Waals surface area contributed by atoms with Gasteiger partial charge in [0.15, 0.2) is 5.65 Å². The fourth-order valence-electron chi connectivity index (χ4n) is 3.54. The number of nitrogens with one attached hydrogen (secondary N) is 1. The molecule has 0 fully saturated rings. The van der Waals surface area contributed by atoms with Gasteiger partial charge in [0.25, 0.3) is 0 Å². The Balaban J connectivity index is 1.58. The quantitative estimate of drug-likeness (QED) is 0.385. The SMILES string of the molecule is COc1ccc(CNc2nc3c(S(=O)(=O)c4ccc(C)c(C)c4)nnn3c3ccsc23)cc1. The molecule has 0 spiro atoms. The molecule has 1 N–H and O–H groups in total. The van der Waals surface area contributed by atoms with Gasteiger partial charge in [-0.05, 0) is 66.2 Å². The van der Waals surface area contributed by atoms with E-state index in [1.54, 1.807) is 25.3 Å². The molecule has 33 heavy (non-hydrogen) atoms. The summed E-state index contributed by atoms with van der Waals surface area (Å²) in [6, 6.07) is 14.6. The lowest BCUT2D eigenvalue weighted by atomic mass is 10.1. The summed E-state index contributed by atoms with van der Waals surface area (Å²) in [5.74, 6) is 1.37. The Kier molecular flexibility index (Phi) is 5.26. The minimum absolute atomic E-state index is 0.161. The normalized spacial score (nSPS) is 11.8. The number of sulfone groups is 1. The molecule has 10 heteroatoms. The van der Waals surface area contributed by atoms with Crippen LogP contribution in [0.1, 0.15) is 16.7 Å². The summed E-state index contributed by atoms with van der Waals surface area (Å²) >= 11 is 1.50. The highest BCUT2D eigenvalue weighted by Gasteiger charge is 2.27. The van der Waals surface area contributed by atoms with Crippen molar-refractivity contribution in [1.29, 1.82) is 0 Å². The minimum Gasteiger partial charge on any atom is -0.497 e. The molecule has 0 amide bonds. The van der Waals surface area contributed by atoms with Gasteiger partial charge in [-0.1, -0.05) is 23.4 Å². The third kappa shape index (κ3) is 3.70. The van der Waals surface area contributed by atoms with Crippen molar-refractivity contribution in [3.8, 4) is 5.75 Å². The lowest BCUT2D eigenvalue weighted by molar-refractivity contribution is 0.414. The first-order valence-corrected chi connectivity index (χ1v) is 12.6. The van der Waals surface area contributed by atoms with Crippen LogP contribution in [-0.4, -0.2) is 35.3 Å². The lowest BCUT2D eigenvalue weighted by Gasteiger charge is -2.09. The van der Waals surface area contributed by atoms with Crippen molar-refractivity contribution in [3.05, 3.63) is 70.6 Å². The molecule has 0 aliphatic rings. The third-order valence-corrected chi connectivity index (χ3v) is 8.14. The first-order chi connectivity index (χ1) is 15.9. The van der Waals surface area contributed by atoms with Crippen molar-refractivity contribution < 1.29 is 13.2 Å². The number of fused-ring (bicyclic) bond motifs is 3. The molecular formula is C23H21N5O3S2. The molecule has 168 valence electrons. The maximum Gasteiger partial charge on any atom is 0.229 e. The minimum atomic E-state index is -3.90. The zero-order chi connectivity index (χ0) is 23.2. The van der Waals surface area contributed by atoms with Gasteiger partial charge in [0.05, 0.1) is 22.2 Å². The van der Waals surface area contributed by atoms with E-state index in [-0.39, 0.29) is 15.6 Å². The van der Waals surface area contributed by atoms with Gasteiger partial charge >= 0.3 is 0 Å². The second-order valence-electron chi connectivity index (χ2n) is 7.68. The molecule has 3 aromatic heterocycles. The number of aromatic nitrogens is 4. The third-order valence-electron chi connectivity index (χ3n) is 5.58. The van der Waals surface area contributed by atoms with Crippen molar-refractivity contribution in [2.24, 2.45) is 0 Å². The van der Waals surface area contributed by atoms with Crippen LogP contribution in [0.15, 0.2) is 63.8 Å². The van der Waals surface area contributed by atoms with Crippen LogP contribution in [-0.2, 0) is 16.4 Å². The molecule has 0 aliphatic carbocycles. The average Bonchev–Trinajstić information content (AvgIpc) is 3.47. The Morgan fingerprint density at radius 3 is 2.58 bits per heavy atom. The fourth-order valence-corrected chi connectivity index (χ4v) is 5.70. The van der Waals surface area contributed by atoms with Gasteiger partial charge in [-0.15, -0.1) is 16.4 Å². The van der Waals surface area contributed by atoms with Crippen LogP contribution in [0.3, 0.4) is 0 Å². The number of rotatable bonds is 6.